The van der Waals surface area contributed by atoms with Gasteiger partial charge in [0.2, 0.25) is 0 Å². The number of hydrogen-bond donors (Lipinski definition) is 1. The lowest BCUT2D eigenvalue weighted by Crippen LogP contribution is -2.44. The Morgan fingerprint density at radius 2 is 1.51 bits per heavy atom. The van der Waals surface area contributed by atoms with E-state index in [4.69, 9.17) is 4.74 Å². The van der Waals surface area contributed by atoms with Gasteiger partial charge in [-0.3, -0.25) is 14.4 Å². The predicted octanol–water partition coefficient (Wildman–Crippen LogP) is 8.55. The van der Waals surface area contributed by atoms with E-state index in [2.05, 4.69) is 76.7 Å². The van der Waals surface area contributed by atoms with Gasteiger partial charge < -0.3 is 15.0 Å². The molecule has 0 radical (unpaired) electrons. The number of amides is 1. The van der Waals surface area contributed by atoms with Crippen LogP contribution in [0.3, 0.4) is 0 Å². The first kappa shape index (κ1) is 31.7. The number of ketones is 2. The van der Waals surface area contributed by atoms with Crippen molar-refractivity contribution in [1.82, 2.24) is 4.90 Å². The van der Waals surface area contributed by atoms with Crippen molar-refractivity contribution in [1.29, 1.82) is 0 Å². The molecule has 0 spiro atoms. The Hall–Kier alpha value is -2.71. The molecule has 2 aromatic carbocycles. The normalized spacial score (nSPS) is 19.8. The molecular weight excluding hydrogens is 672 g/mol. The Kier molecular flexibility index (Phi) is 8.60. The average Bonchev–Trinajstić information content (AvgIpc) is 2.87. The molecule has 1 aliphatic heterocycles. The fraction of sp³-hybridized carbons (Fsp3) is 0.457. The molecule has 228 valence electrons. The molecule has 1 amide bonds. The molecule has 43 heavy (non-hydrogen) atoms. The molecule has 1 N–H and O–H groups in total. The number of aryl methyl sites for hydroxylation is 2. The number of nitrogens with one attached hydrogen (secondary N) is 1. The van der Waals surface area contributed by atoms with Crippen LogP contribution in [0.1, 0.15) is 82.9 Å². The van der Waals surface area contributed by atoms with Gasteiger partial charge >= 0.3 is 0 Å². The summed E-state index contributed by atoms with van der Waals surface area (Å²) < 4.78 is 7.71. The molecule has 0 saturated carbocycles. The van der Waals surface area contributed by atoms with Crippen LogP contribution in [0.2, 0.25) is 0 Å². The van der Waals surface area contributed by atoms with E-state index >= 15 is 0 Å². The molecule has 0 unspecified atom stereocenters. The quantitative estimate of drug-likeness (QED) is 0.325. The van der Waals surface area contributed by atoms with Crippen LogP contribution in [0.4, 0.5) is 5.69 Å². The molecular formula is C35H40Br2N2O4. The summed E-state index contributed by atoms with van der Waals surface area (Å²) in [7, 11) is 0. The number of carbonyl (C=O) groups is 3. The third kappa shape index (κ3) is 6.28. The Balaban J connectivity index is 1.62. The summed E-state index contributed by atoms with van der Waals surface area (Å²) >= 11 is 7.31. The van der Waals surface area contributed by atoms with E-state index in [1.54, 1.807) is 0 Å². The molecule has 3 aliphatic rings. The maximum atomic E-state index is 14.1. The fourth-order valence-electron chi connectivity index (χ4n) is 6.97. The number of Topliss-reactive ketones (excluding diaryl/α,β-unsaturated/α-hetero) is 2. The summed E-state index contributed by atoms with van der Waals surface area (Å²) in [4.78, 5) is 43.4. The molecule has 0 aromatic heterocycles. The number of rotatable bonds is 6. The van der Waals surface area contributed by atoms with E-state index in [1.807, 2.05) is 44.2 Å². The van der Waals surface area contributed by atoms with Crippen LogP contribution in [0, 0.1) is 24.7 Å². The zero-order valence-electron chi connectivity index (χ0n) is 26.0. The number of nitrogens with zero attached hydrogens (tertiary/aromatic N) is 1. The minimum absolute atomic E-state index is 0.0634. The van der Waals surface area contributed by atoms with Gasteiger partial charge in [0.15, 0.2) is 18.2 Å². The third-order valence-corrected chi connectivity index (χ3v) is 9.74. The van der Waals surface area contributed by atoms with Crippen molar-refractivity contribution in [2.75, 3.05) is 18.5 Å². The van der Waals surface area contributed by atoms with Crippen LogP contribution in [0.25, 0.3) is 0 Å². The van der Waals surface area contributed by atoms with Crippen molar-refractivity contribution >= 4 is 55.0 Å². The zero-order valence-corrected chi connectivity index (χ0v) is 29.2. The van der Waals surface area contributed by atoms with Crippen LogP contribution in [0.15, 0.2) is 61.8 Å². The van der Waals surface area contributed by atoms with E-state index < -0.39 is 5.92 Å². The SMILES string of the molecule is CCN1C2=C(C(=O)CC(C)(C)C2)C(c2cc(Br)cc(Br)c2OCC(=O)Nc2ccc(C)cc2C)C2=C1CC(C)(C)CC2=O. The summed E-state index contributed by atoms with van der Waals surface area (Å²) in [6.45, 7) is 15.0. The first-order valence-electron chi connectivity index (χ1n) is 14.9. The number of carbonyl (C=O) groups excluding carboxylic acids is 3. The van der Waals surface area contributed by atoms with E-state index in [0.29, 0.717) is 46.3 Å². The Bertz CT molecular complexity index is 1550. The number of allylic oxidation sites excluding steroid dienone is 4. The summed E-state index contributed by atoms with van der Waals surface area (Å²) in [5.74, 6) is -0.282. The Morgan fingerprint density at radius 1 is 0.930 bits per heavy atom. The van der Waals surface area contributed by atoms with Crippen LogP contribution in [-0.4, -0.2) is 35.5 Å². The van der Waals surface area contributed by atoms with E-state index in [0.717, 1.165) is 45.5 Å². The van der Waals surface area contributed by atoms with Crippen molar-refractivity contribution in [2.24, 2.45) is 10.8 Å². The van der Waals surface area contributed by atoms with Crippen molar-refractivity contribution < 1.29 is 19.1 Å². The first-order chi connectivity index (χ1) is 20.1. The molecule has 2 aliphatic carbocycles. The summed E-state index contributed by atoms with van der Waals surface area (Å²) in [5.41, 5.74) is 6.53. The smallest absolute Gasteiger partial charge is 0.262 e. The van der Waals surface area contributed by atoms with Gasteiger partial charge in [-0.2, -0.15) is 0 Å². The zero-order chi connectivity index (χ0) is 31.4. The maximum Gasteiger partial charge on any atom is 0.262 e. The van der Waals surface area contributed by atoms with Crippen LogP contribution >= 0.6 is 31.9 Å². The van der Waals surface area contributed by atoms with Crippen molar-refractivity contribution in [3.8, 4) is 5.75 Å². The topological polar surface area (TPSA) is 75.7 Å². The van der Waals surface area contributed by atoms with Gasteiger partial charge in [0, 0.05) is 63.6 Å². The van der Waals surface area contributed by atoms with Gasteiger partial charge in [0.25, 0.3) is 5.91 Å². The first-order valence-corrected chi connectivity index (χ1v) is 16.5. The summed E-state index contributed by atoms with van der Waals surface area (Å²) in [6.07, 6.45) is 2.30. The highest BCUT2D eigenvalue weighted by molar-refractivity contribution is 9.11. The molecule has 0 bridgehead atoms. The molecule has 5 rings (SSSR count). The predicted molar refractivity (Wildman–Crippen MR) is 177 cm³/mol. The number of benzene rings is 2. The molecule has 1 heterocycles. The van der Waals surface area contributed by atoms with Gasteiger partial charge in [-0.15, -0.1) is 0 Å². The second kappa shape index (κ2) is 11.7. The summed E-state index contributed by atoms with van der Waals surface area (Å²) in [6, 6.07) is 9.66. The second-order valence-corrected chi connectivity index (χ2v) is 15.5. The fourth-order valence-corrected chi connectivity index (χ4v) is 8.34. The number of anilines is 1. The number of ether oxygens (including phenoxy) is 1. The molecule has 8 heteroatoms. The van der Waals surface area contributed by atoms with Crippen LogP contribution in [0.5, 0.6) is 5.75 Å². The highest BCUT2D eigenvalue weighted by Gasteiger charge is 2.49. The van der Waals surface area contributed by atoms with Crippen LogP contribution in [-0.2, 0) is 14.4 Å². The van der Waals surface area contributed by atoms with Gasteiger partial charge in [-0.05, 0) is 84.1 Å². The molecule has 6 nitrogen and oxygen atoms in total. The lowest BCUT2D eigenvalue weighted by Gasteiger charge is -2.49. The monoisotopic (exact) mass is 710 g/mol. The average molecular weight is 713 g/mol. The molecule has 0 saturated heterocycles. The number of hydrogen-bond acceptors (Lipinski definition) is 5. The van der Waals surface area contributed by atoms with E-state index in [-0.39, 0.29) is 34.9 Å². The number of halogens is 2. The molecule has 0 atom stereocenters. The van der Waals surface area contributed by atoms with Crippen molar-refractivity contribution in [3.63, 3.8) is 0 Å². The summed E-state index contributed by atoms with van der Waals surface area (Å²) in [5, 5.41) is 2.95. The van der Waals surface area contributed by atoms with Gasteiger partial charge in [0.1, 0.15) is 5.75 Å². The highest BCUT2D eigenvalue weighted by atomic mass is 79.9. The third-order valence-electron chi connectivity index (χ3n) is 8.69. The van der Waals surface area contributed by atoms with Crippen molar-refractivity contribution in [2.45, 2.75) is 80.1 Å². The van der Waals surface area contributed by atoms with Gasteiger partial charge in [-0.25, -0.2) is 0 Å². The maximum absolute atomic E-state index is 14.1. The standard InChI is InChI=1S/C35H40Br2N2O4/c1-8-39-25-14-34(4,5)16-27(40)31(25)30(32-26(39)15-35(6,7)17-28(32)41)22-12-21(36)13-23(37)33(22)43-18-29(42)38-24-10-9-19(2)11-20(24)3/h9-13,30H,8,14-18H2,1-7H3,(H,38,42). The van der Waals surface area contributed by atoms with Crippen molar-refractivity contribution in [3.05, 3.63) is 78.5 Å². The lowest BCUT2D eigenvalue weighted by atomic mass is 9.63. The van der Waals surface area contributed by atoms with E-state index in [1.165, 1.54) is 0 Å². The van der Waals surface area contributed by atoms with Gasteiger partial charge in [0.05, 0.1) is 4.47 Å². The lowest BCUT2D eigenvalue weighted by molar-refractivity contribution is -0.120. The molecule has 2 aromatic rings. The minimum Gasteiger partial charge on any atom is -0.482 e. The van der Waals surface area contributed by atoms with Gasteiger partial charge in [-0.1, -0.05) is 61.3 Å². The van der Waals surface area contributed by atoms with E-state index in [9.17, 15) is 14.4 Å². The van der Waals surface area contributed by atoms with Crippen LogP contribution < -0.4 is 10.1 Å². The largest absolute Gasteiger partial charge is 0.482 e. The Labute approximate surface area is 271 Å². The highest BCUT2D eigenvalue weighted by Crippen LogP contribution is 2.56. The molecule has 0 fully saturated rings. The second-order valence-electron chi connectivity index (χ2n) is 13.7. The Morgan fingerprint density at radius 3 is 2.05 bits per heavy atom. The minimum atomic E-state index is -0.578.